The highest BCUT2D eigenvalue weighted by molar-refractivity contribution is 6.74. The smallest absolute Gasteiger partial charge is 0.508 e. The van der Waals surface area contributed by atoms with Crippen LogP contribution in [0.5, 0.6) is 11.5 Å². The molecule has 0 aromatic heterocycles. The van der Waals surface area contributed by atoms with E-state index in [0.717, 1.165) is 16.7 Å². The Morgan fingerprint density at radius 2 is 1.62 bits per heavy atom. The fourth-order valence-corrected chi connectivity index (χ4v) is 5.83. The number of aliphatic hydroxyl groups is 1. The molecule has 0 radical (unpaired) electrons. The number of rotatable bonds is 14. The summed E-state index contributed by atoms with van der Waals surface area (Å²) in [4.78, 5) is 12.6. The number of alkyl halides is 3. The van der Waals surface area contributed by atoms with E-state index in [1.165, 1.54) is 24.3 Å². The molecule has 0 saturated carbocycles. The first-order valence-corrected chi connectivity index (χ1v) is 17.9. The number of carbonyl (C=O) groups is 1. The van der Waals surface area contributed by atoms with Gasteiger partial charge in [-0.1, -0.05) is 63.2 Å². The lowest BCUT2D eigenvalue weighted by molar-refractivity contribution is -0.274. The summed E-state index contributed by atoms with van der Waals surface area (Å²) in [6, 6.07) is 18.5. The van der Waals surface area contributed by atoms with Crippen molar-refractivity contribution < 1.29 is 37.3 Å². The summed E-state index contributed by atoms with van der Waals surface area (Å²) in [5, 5.41) is 26.2. The van der Waals surface area contributed by atoms with E-state index in [1.54, 1.807) is 12.1 Å². The second kappa shape index (κ2) is 15.3. The summed E-state index contributed by atoms with van der Waals surface area (Å²) in [6.45, 7) is 13.5. The molecule has 7 nitrogen and oxygen atoms in total. The Bertz CT molecular complexity index is 1410. The van der Waals surface area contributed by atoms with Crippen molar-refractivity contribution >= 4 is 14.2 Å². The standard InChI is InChI=1S/C34H45F3N2O5Si/c1-23(38-21-31(44-45(5,6)33(2,3)4)27-12-15-30(41)28(19-27)22-40)16-25-8-7-9-26(17-25)18-32(42)39-20-24-10-13-29(14-11-24)43-34(35,36)37/h7-15,17,19,23,31,38,40-41H,16,18,20-22H2,1-6H3,(H,39,42)/t23-,31-/m1/s1. The van der Waals surface area contributed by atoms with E-state index in [9.17, 15) is 28.2 Å². The van der Waals surface area contributed by atoms with Gasteiger partial charge in [0.05, 0.1) is 19.1 Å². The Morgan fingerprint density at radius 3 is 2.24 bits per heavy atom. The molecule has 2 atom stereocenters. The maximum absolute atomic E-state index is 12.6. The van der Waals surface area contributed by atoms with Gasteiger partial charge in [0.2, 0.25) is 5.91 Å². The van der Waals surface area contributed by atoms with Crippen molar-refractivity contribution in [2.75, 3.05) is 6.54 Å². The molecule has 0 aliphatic carbocycles. The van der Waals surface area contributed by atoms with Gasteiger partial charge in [-0.25, -0.2) is 0 Å². The SMILES string of the molecule is C[C@H](Cc1cccc(CC(=O)NCc2ccc(OC(F)(F)F)cc2)c1)NC[C@@H](O[Si](C)(C)C(C)(C)C)c1ccc(O)c(CO)c1. The topological polar surface area (TPSA) is 100 Å². The Hall–Kier alpha value is -3.38. The van der Waals surface area contributed by atoms with Crippen molar-refractivity contribution in [1.82, 2.24) is 10.6 Å². The fourth-order valence-electron chi connectivity index (χ4n) is 4.55. The summed E-state index contributed by atoms with van der Waals surface area (Å²) < 4.78 is 47.7. The van der Waals surface area contributed by atoms with Crippen molar-refractivity contribution in [2.45, 2.75) is 90.3 Å². The predicted molar refractivity (Wildman–Crippen MR) is 171 cm³/mol. The largest absolute Gasteiger partial charge is 0.573 e. The van der Waals surface area contributed by atoms with Gasteiger partial charge in [-0.05, 0) is 78.0 Å². The van der Waals surface area contributed by atoms with E-state index in [-0.39, 0.29) is 54.2 Å². The van der Waals surface area contributed by atoms with Gasteiger partial charge in [0.25, 0.3) is 0 Å². The molecular formula is C34H45F3N2O5Si. The lowest BCUT2D eigenvalue weighted by Crippen LogP contribution is -2.44. The monoisotopic (exact) mass is 646 g/mol. The molecule has 45 heavy (non-hydrogen) atoms. The lowest BCUT2D eigenvalue weighted by Gasteiger charge is -2.40. The number of aliphatic hydroxyl groups excluding tert-OH is 1. The molecular weight excluding hydrogens is 601 g/mol. The molecule has 0 bridgehead atoms. The highest BCUT2D eigenvalue weighted by Gasteiger charge is 2.39. The van der Waals surface area contributed by atoms with Crippen LogP contribution in [0.1, 0.15) is 61.6 Å². The average molecular weight is 647 g/mol. The number of phenols is 1. The van der Waals surface area contributed by atoms with Crippen molar-refractivity contribution in [2.24, 2.45) is 0 Å². The number of aromatic hydroxyl groups is 1. The van der Waals surface area contributed by atoms with Crippen LogP contribution < -0.4 is 15.4 Å². The van der Waals surface area contributed by atoms with Crippen LogP contribution in [0.2, 0.25) is 18.1 Å². The van der Waals surface area contributed by atoms with Gasteiger partial charge in [-0.15, -0.1) is 13.2 Å². The zero-order valence-corrected chi connectivity index (χ0v) is 27.8. The van der Waals surface area contributed by atoms with E-state index >= 15 is 0 Å². The maximum Gasteiger partial charge on any atom is 0.573 e. The summed E-state index contributed by atoms with van der Waals surface area (Å²) >= 11 is 0. The van der Waals surface area contributed by atoms with Crippen LogP contribution in [0.4, 0.5) is 13.2 Å². The quantitative estimate of drug-likeness (QED) is 0.142. The molecule has 4 N–H and O–H groups in total. The third-order valence-electron chi connectivity index (χ3n) is 8.09. The third kappa shape index (κ3) is 11.5. The molecule has 0 heterocycles. The lowest BCUT2D eigenvalue weighted by atomic mass is 10.0. The van der Waals surface area contributed by atoms with Gasteiger partial charge in [0.1, 0.15) is 11.5 Å². The van der Waals surface area contributed by atoms with Crippen LogP contribution in [-0.2, 0) is 35.2 Å². The predicted octanol–water partition coefficient (Wildman–Crippen LogP) is 6.93. The molecule has 3 aromatic rings. The molecule has 3 rings (SSSR count). The Kier molecular flexibility index (Phi) is 12.2. The van der Waals surface area contributed by atoms with Gasteiger partial charge in [-0.3, -0.25) is 4.79 Å². The highest BCUT2D eigenvalue weighted by atomic mass is 28.4. The van der Waals surface area contributed by atoms with E-state index in [0.29, 0.717) is 24.1 Å². The molecule has 0 fully saturated rings. The molecule has 3 aromatic carbocycles. The van der Waals surface area contributed by atoms with Crippen molar-refractivity contribution in [3.05, 3.63) is 94.5 Å². The summed E-state index contributed by atoms with van der Waals surface area (Å²) in [5.41, 5.74) is 3.92. The molecule has 1 amide bonds. The Morgan fingerprint density at radius 1 is 0.956 bits per heavy atom. The van der Waals surface area contributed by atoms with Gasteiger partial charge in [-0.2, -0.15) is 0 Å². The summed E-state index contributed by atoms with van der Waals surface area (Å²) in [5.74, 6) is -0.459. The maximum atomic E-state index is 12.6. The van der Waals surface area contributed by atoms with Gasteiger partial charge >= 0.3 is 6.36 Å². The van der Waals surface area contributed by atoms with Gasteiger partial charge in [0.15, 0.2) is 8.32 Å². The zero-order valence-electron chi connectivity index (χ0n) is 26.8. The van der Waals surface area contributed by atoms with E-state index in [4.69, 9.17) is 4.43 Å². The Labute approximate surface area is 264 Å². The molecule has 246 valence electrons. The molecule has 0 spiro atoms. The van der Waals surface area contributed by atoms with Gasteiger partial charge in [0, 0.05) is 24.7 Å². The number of halogens is 3. The fraction of sp³-hybridized carbons (Fsp3) is 0.441. The number of hydrogen-bond acceptors (Lipinski definition) is 6. The van der Waals surface area contributed by atoms with Crippen LogP contribution in [0.3, 0.4) is 0 Å². The number of benzene rings is 3. The number of hydrogen-bond donors (Lipinski definition) is 4. The van der Waals surface area contributed by atoms with Crippen molar-refractivity contribution in [3.63, 3.8) is 0 Å². The minimum absolute atomic E-state index is 0.00346. The van der Waals surface area contributed by atoms with Crippen LogP contribution >= 0.6 is 0 Å². The summed E-state index contributed by atoms with van der Waals surface area (Å²) in [6.07, 6.45) is -4.14. The first-order valence-electron chi connectivity index (χ1n) is 15.0. The number of carbonyl (C=O) groups excluding carboxylic acids is 1. The molecule has 11 heteroatoms. The van der Waals surface area contributed by atoms with E-state index in [2.05, 4.69) is 56.2 Å². The van der Waals surface area contributed by atoms with Crippen LogP contribution in [0.15, 0.2) is 66.7 Å². The minimum atomic E-state index is -4.75. The highest BCUT2D eigenvalue weighted by Crippen LogP contribution is 2.40. The number of amides is 1. The van der Waals surface area contributed by atoms with Crippen LogP contribution in [-0.4, -0.2) is 43.4 Å². The first-order chi connectivity index (χ1) is 21.0. The number of ether oxygens (including phenoxy) is 1. The normalized spacial score (nSPS) is 13.7. The Balaban J connectivity index is 1.58. The zero-order chi connectivity index (χ0) is 33.4. The van der Waals surface area contributed by atoms with Crippen molar-refractivity contribution in [1.29, 1.82) is 0 Å². The van der Waals surface area contributed by atoms with E-state index < -0.39 is 14.7 Å². The second-order valence-corrected chi connectivity index (χ2v) is 17.6. The second-order valence-electron chi connectivity index (χ2n) is 12.9. The number of nitrogens with one attached hydrogen (secondary N) is 2. The van der Waals surface area contributed by atoms with Crippen LogP contribution in [0, 0.1) is 0 Å². The summed E-state index contributed by atoms with van der Waals surface area (Å²) in [7, 11) is -2.15. The first kappa shape index (κ1) is 36.1. The molecule has 0 unspecified atom stereocenters. The van der Waals surface area contributed by atoms with Crippen molar-refractivity contribution in [3.8, 4) is 11.5 Å². The third-order valence-corrected chi connectivity index (χ3v) is 12.6. The van der Waals surface area contributed by atoms with Gasteiger partial charge < -0.3 is 30.0 Å². The van der Waals surface area contributed by atoms with Crippen LogP contribution in [0.25, 0.3) is 0 Å². The molecule has 0 aliphatic heterocycles. The minimum Gasteiger partial charge on any atom is -0.508 e. The molecule has 0 saturated heterocycles. The van der Waals surface area contributed by atoms with E-state index in [1.807, 2.05) is 30.3 Å². The molecule has 0 aliphatic rings. The average Bonchev–Trinajstić information content (AvgIpc) is 2.94.